The van der Waals surface area contributed by atoms with Crippen molar-refractivity contribution in [3.63, 3.8) is 0 Å². The number of carbonyl (C=O) groups excluding carboxylic acids is 3. The number of aliphatic hydroxyl groups excluding tert-OH is 1. The number of fused-ring (bicyclic) bond motifs is 2. The molecule has 0 saturated carbocycles. The van der Waals surface area contributed by atoms with Crippen LogP contribution in [0.5, 0.6) is 0 Å². The first-order valence-corrected chi connectivity index (χ1v) is 13.1. The maximum atomic E-state index is 14.2. The van der Waals surface area contributed by atoms with E-state index < -0.39 is 34.6 Å². The zero-order chi connectivity index (χ0) is 25.6. The minimum Gasteiger partial charge on any atom is -0.396 e. The summed E-state index contributed by atoms with van der Waals surface area (Å²) in [5.41, 5.74) is -2.58. The summed E-state index contributed by atoms with van der Waals surface area (Å²) in [6.45, 7) is 11.9. The van der Waals surface area contributed by atoms with Crippen molar-refractivity contribution in [1.82, 2.24) is 14.7 Å². The SMILES string of the molecule is CCCN1CC=C[C@]2(CC)O[C@]34C=CCN(C(C)(C)C)C(=O)C3N(CCCCO)C(=O)[C@@H]4[C@@H]2C1=O. The van der Waals surface area contributed by atoms with E-state index in [9.17, 15) is 19.5 Å². The van der Waals surface area contributed by atoms with Crippen molar-refractivity contribution in [1.29, 1.82) is 0 Å². The van der Waals surface area contributed by atoms with Gasteiger partial charge in [-0.2, -0.15) is 0 Å². The highest BCUT2D eigenvalue weighted by Gasteiger charge is 2.75. The van der Waals surface area contributed by atoms with Crippen molar-refractivity contribution in [2.75, 3.05) is 32.8 Å². The molecular formula is C27H41N3O5. The third-order valence-electron chi connectivity index (χ3n) is 8.13. The van der Waals surface area contributed by atoms with Crippen LogP contribution < -0.4 is 0 Å². The highest BCUT2D eigenvalue weighted by atomic mass is 16.5. The molecule has 0 aromatic heterocycles. The zero-order valence-electron chi connectivity index (χ0n) is 21.8. The molecule has 2 fully saturated rings. The van der Waals surface area contributed by atoms with E-state index in [-0.39, 0.29) is 24.3 Å². The molecule has 0 bridgehead atoms. The van der Waals surface area contributed by atoms with Crippen LogP contribution in [-0.4, -0.2) is 93.1 Å². The van der Waals surface area contributed by atoms with Gasteiger partial charge >= 0.3 is 0 Å². The van der Waals surface area contributed by atoms with E-state index in [1.807, 2.05) is 63.8 Å². The number of nitrogens with zero attached hydrogens (tertiary/aromatic N) is 3. The van der Waals surface area contributed by atoms with Crippen LogP contribution in [0.15, 0.2) is 24.3 Å². The average molecular weight is 488 g/mol. The molecule has 0 aliphatic carbocycles. The van der Waals surface area contributed by atoms with Gasteiger partial charge < -0.3 is 24.5 Å². The van der Waals surface area contributed by atoms with Crippen molar-refractivity contribution in [2.45, 2.75) is 83.1 Å². The summed E-state index contributed by atoms with van der Waals surface area (Å²) in [5, 5.41) is 9.34. The summed E-state index contributed by atoms with van der Waals surface area (Å²) in [5.74, 6) is -1.86. The van der Waals surface area contributed by atoms with Crippen LogP contribution in [0.3, 0.4) is 0 Å². The van der Waals surface area contributed by atoms with E-state index in [2.05, 4.69) is 0 Å². The molecule has 8 nitrogen and oxygen atoms in total. The molecule has 3 amide bonds. The Kier molecular flexibility index (Phi) is 6.92. The molecule has 4 heterocycles. The quantitative estimate of drug-likeness (QED) is 0.439. The summed E-state index contributed by atoms with van der Waals surface area (Å²) < 4.78 is 6.93. The first-order chi connectivity index (χ1) is 16.6. The zero-order valence-corrected chi connectivity index (χ0v) is 21.8. The van der Waals surface area contributed by atoms with Crippen molar-refractivity contribution in [3.8, 4) is 0 Å². The van der Waals surface area contributed by atoms with Gasteiger partial charge in [0.15, 0.2) is 0 Å². The monoisotopic (exact) mass is 487 g/mol. The lowest BCUT2D eigenvalue weighted by molar-refractivity contribution is -0.156. The Morgan fingerprint density at radius 3 is 2.31 bits per heavy atom. The van der Waals surface area contributed by atoms with E-state index in [0.717, 1.165) is 6.42 Å². The summed E-state index contributed by atoms with van der Waals surface area (Å²) in [7, 11) is 0. The number of carbonyl (C=O) groups is 3. The summed E-state index contributed by atoms with van der Waals surface area (Å²) in [6, 6.07) is -0.840. The van der Waals surface area contributed by atoms with Crippen LogP contribution in [0.1, 0.15) is 60.3 Å². The van der Waals surface area contributed by atoms with Crippen LogP contribution in [0.25, 0.3) is 0 Å². The predicted molar refractivity (Wildman–Crippen MR) is 132 cm³/mol. The molecule has 1 spiro atoms. The number of aliphatic hydroxyl groups is 1. The summed E-state index contributed by atoms with van der Waals surface area (Å²) >= 11 is 0. The Morgan fingerprint density at radius 1 is 0.971 bits per heavy atom. The van der Waals surface area contributed by atoms with Gasteiger partial charge in [-0.1, -0.05) is 38.2 Å². The largest absolute Gasteiger partial charge is 0.396 e. The lowest BCUT2D eigenvalue weighted by atomic mass is 9.73. The fourth-order valence-corrected chi connectivity index (χ4v) is 6.52. The highest BCUT2D eigenvalue weighted by Crippen LogP contribution is 2.58. The summed E-state index contributed by atoms with van der Waals surface area (Å²) in [4.78, 5) is 47.6. The lowest BCUT2D eigenvalue weighted by Crippen LogP contribution is -2.59. The molecule has 8 heteroatoms. The van der Waals surface area contributed by atoms with Gasteiger partial charge in [0.2, 0.25) is 17.7 Å². The molecule has 4 aliphatic heterocycles. The van der Waals surface area contributed by atoms with Crippen molar-refractivity contribution in [2.24, 2.45) is 11.8 Å². The van der Waals surface area contributed by atoms with E-state index in [0.29, 0.717) is 45.4 Å². The van der Waals surface area contributed by atoms with Gasteiger partial charge in [-0.15, -0.1) is 0 Å². The smallest absolute Gasteiger partial charge is 0.249 e. The minimum absolute atomic E-state index is 0.0244. The number of hydrogen-bond acceptors (Lipinski definition) is 5. The fraction of sp³-hybridized carbons (Fsp3) is 0.741. The molecule has 0 aromatic rings. The predicted octanol–water partition coefficient (Wildman–Crippen LogP) is 2.13. The van der Waals surface area contributed by atoms with E-state index in [1.165, 1.54) is 0 Å². The van der Waals surface area contributed by atoms with Gasteiger partial charge in [-0.3, -0.25) is 14.4 Å². The Labute approximate surface area is 208 Å². The second-order valence-electron chi connectivity index (χ2n) is 11.3. The van der Waals surface area contributed by atoms with Gasteiger partial charge in [-0.25, -0.2) is 0 Å². The van der Waals surface area contributed by atoms with Crippen LogP contribution >= 0.6 is 0 Å². The van der Waals surface area contributed by atoms with Gasteiger partial charge in [0.05, 0.1) is 17.4 Å². The van der Waals surface area contributed by atoms with Crippen molar-refractivity contribution < 1.29 is 24.2 Å². The second-order valence-corrected chi connectivity index (χ2v) is 11.3. The summed E-state index contributed by atoms with van der Waals surface area (Å²) in [6.07, 6.45) is 10.3. The number of amides is 3. The Morgan fingerprint density at radius 2 is 1.69 bits per heavy atom. The molecule has 1 N–H and O–H groups in total. The second kappa shape index (κ2) is 9.36. The number of hydrogen-bond donors (Lipinski definition) is 1. The molecule has 35 heavy (non-hydrogen) atoms. The van der Waals surface area contributed by atoms with Gasteiger partial charge in [0.25, 0.3) is 0 Å². The van der Waals surface area contributed by atoms with E-state index >= 15 is 0 Å². The van der Waals surface area contributed by atoms with Gasteiger partial charge in [0.1, 0.15) is 11.6 Å². The molecule has 4 rings (SSSR count). The normalized spacial score (nSPS) is 34.7. The highest BCUT2D eigenvalue weighted by molar-refractivity contribution is 6.00. The topological polar surface area (TPSA) is 90.4 Å². The van der Waals surface area contributed by atoms with E-state index in [1.54, 1.807) is 9.80 Å². The molecule has 0 aromatic carbocycles. The minimum atomic E-state index is -1.21. The molecule has 5 atom stereocenters. The Hall–Kier alpha value is -2.19. The third-order valence-corrected chi connectivity index (χ3v) is 8.13. The Bertz CT molecular complexity index is 924. The van der Waals surface area contributed by atoms with Crippen LogP contribution in [-0.2, 0) is 19.1 Å². The fourth-order valence-electron chi connectivity index (χ4n) is 6.52. The number of unbranched alkanes of at least 4 members (excludes halogenated alkanes) is 1. The lowest BCUT2D eigenvalue weighted by Gasteiger charge is -2.41. The molecule has 194 valence electrons. The maximum absolute atomic E-state index is 14.2. The van der Waals surface area contributed by atoms with Crippen LogP contribution in [0, 0.1) is 11.8 Å². The maximum Gasteiger partial charge on any atom is 0.249 e. The number of ether oxygens (including phenoxy) is 1. The molecule has 0 radical (unpaired) electrons. The third kappa shape index (κ3) is 3.93. The first kappa shape index (κ1) is 25.9. The molecule has 2 saturated heterocycles. The number of rotatable bonds is 7. The van der Waals surface area contributed by atoms with Crippen LogP contribution in [0.2, 0.25) is 0 Å². The number of likely N-dealkylation sites (tertiary alicyclic amines) is 1. The van der Waals surface area contributed by atoms with Crippen molar-refractivity contribution >= 4 is 17.7 Å². The first-order valence-electron chi connectivity index (χ1n) is 13.1. The standard InChI is InChI=1S/C27H41N3O5/c1-6-14-28-15-10-12-26(7-2)19(22(28)32)20-23(33)29(16-8-9-18-31)21-24(34)30(25(3,4)5)17-11-13-27(20,21)35-26/h10-13,19-21,31H,6-9,14-18H2,1-5H3/t19-,20+,21?,26+,27+/m1/s1. The van der Waals surface area contributed by atoms with Crippen molar-refractivity contribution in [3.05, 3.63) is 24.3 Å². The van der Waals surface area contributed by atoms with Gasteiger partial charge in [0, 0.05) is 38.3 Å². The van der Waals surface area contributed by atoms with Gasteiger partial charge in [-0.05, 0) is 46.5 Å². The molecule has 1 unspecified atom stereocenters. The molecular weight excluding hydrogens is 446 g/mol. The van der Waals surface area contributed by atoms with Crippen LogP contribution in [0.4, 0.5) is 0 Å². The van der Waals surface area contributed by atoms with E-state index in [4.69, 9.17) is 4.74 Å². The molecule has 4 aliphatic rings. The average Bonchev–Trinajstić information content (AvgIpc) is 3.08. The Balaban J connectivity index is 1.86.